The van der Waals surface area contributed by atoms with Gasteiger partial charge in [0.2, 0.25) is 0 Å². The number of amides is 1. The Hall–Kier alpha value is -3.17. The number of nitrogens with zero attached hydrogens (tertiary/aromatic N) is 1. The fourth-order valence-electron chi connectivity index (χ4n) is 2.83. The fourth-order valence-corrected chi connectivity index (χ4v) is 3.89. The van der Waals surface area contributed by atoms with E-state index < -0.39 is 15.8 Å². The number of hydrogen-bond acceptors (Lipinski definition) is 5. The first-order valence-electron chi connectivity index (χ1n) is 9.13. The number of carbonyl (C=O) groups is 1. The third-order valence-electron chi connectivity index (χ3n) is 4.47. The van der Waals surface area contributed by atoms with Crippen molar-refractivity contribution < 1.29 is 22.0 Å². The molecule has 0 aliphatic carbocycles. The average Bonchev–Trinajstić information content (AvgIpc) is 3.23. The van der Waals surface area contributed by atoms with Crippen LogP contribution < -0.4 is 10.0 Å². The summed E-state index contributed by atoms with van der Waals surface area (Å²) in [5, 5.41) is 2.85. The maximum Gasteiger partial charge on any atom is 0.261 e. The third kappa shape index (κ3) is 5.25. The van der Waals surface area contributed by atoms with E-state index >= 15 is 0 Å². The molecule has 0 fully saturated rings. The summed E-state index contributed by atoms with van der Waals surface area (Å²) >= 11 is 0. The molecule has 1 amide bonds. The van der Waals surface area contributed by atoms with Crippen LogP contribution in [0.3, 0.4) is 0 Å². The summed E-state index contributed by atoms with van der Waals surface area (Å²) in [5.74, 6) is -0.0694. The maximum atomic E-state index is 13.0. The lowest BCUT2D eigenvalue weighted by Crippen LogP contribution is -2.34. The second kappa shape index (κ2) is 9.10. The summed E-state index contributed by atoms with van der Waals surface area (Å²) in [6, 6.07) is 14.1. The van der Waals surface area contributed by atoms with Crippen LogP contribution in [0.1, 0.15) is 22.2 Å². The van der Waals surface area contributed by atoms with Crippen LogP contribution in [0.25, 0.3) is 0 Å². The van der Waals surface area contributed by atoms with Crippen molar-refractivity contribution in [2.24, 2.45) is 0 Å². The third-order valence-corrected chi connectivity index (χ3v) is 5.87. The van der Waals surface area contributed by atoms with Crippen molar-refractivity contribution in [3.63, 3.8) is 0 Å². The van der Waals surface area contributed by atoms with Gasteiger partial charge in [0.1, 0.15) is 11.6 Å². The van der Waals surface area contributed by atoms with Gasteiger partial charge in [-0.05, 0) is 74.8 Å². The van der Waals surface area contributed by atoms with Crippen molar-refractivity contribution in [1.29, 1.82) is 0 Å². The molecule has 9 heteroatoms. The Kier molecular flexibility index (Phi) is 6.53. The van der Waals surface area contributed by atoms with E-state index in [0.717, 1.165) is 17.9 Å². The first-order chi connectivity index (χ1) is 14.3. The normalized spacial score (nSPS) is 12.5. The molecule has 7 nitrogen and oxygen atoms in total. The van der Waals surface area contributed by atoms with Gasteiger partial charge in [-0.3, -0.25) is 14.4 Å². The first kappa shape index (κ1) is 21.5. The molecule has 0 saturated carbocycles. The number of rotatable bonds is 8. The minimum atomic E-state index is -3.85. The summed E-state index contributed by atoms with van der Waals surface area (Å²) in [6.45, 7) is 0.346. The van der Waals surface area contributed by atoms with Gasteiger partial charge in [0.15, 0.2) is 0 Å². The predicted octanol–water partition coefficient (Wildman–Crippen LogP) is 3.25. The van der Waals surface area contributed by atoms with Crippen LogP contribution >= 0.6 is 0 Å². The van der Waals surface area contributed by atoms with E-state index in [1.54, 1.807) is 12.3 Å². The lowest BCUT2D eigenvalue weighted by molar-refractivity contribution is 0.0939. The topological polar surface area (TPSA) is 91.7 Å². The Labute approximate surface area is 174 Å². The molecule has 30 heavy (non-hydrogen) atoms. The SMILES string of the molecule is CN(C)[C@H](CNC(=O)c1ccc(NS(=O)(=O)c2ccc(F)cc2)cc1)c1ccco1. The lowest BCUT2D eigenvalue weighted by Gasteiger charge is -2.22. The Morgan fingerprint density at radius 1 is 1.07 bits per heavy atom. The maximum absolute atomic E-state index is 13.0. The molecule has 0 radical (unpaired) electrons. The molecule has 0 saturated heterocycles. The van der Waals surface area contributed by atoms with Crippen molar-refractivity contribution in [3.8, 4) is 0 Å². The molecule has 2 N–H and O–H groups in total. The molecule has 1 heterocycles. The molecule has 1 aromatic heterocycles. The molecular formula is C21H22FN3O4S. The van der Waals surface area contributed by atoms with E-state index in [1.807, 2.05) is 25.1 Å². The fraction of sp³-hybridized carbons (Fsp3) is 0.190. The molecule has 2 aromatic carbocycles. The largest absolute Gasteiger partial charge is 0.468 e. The van der Waals surface area contributed by atoms with E-state index in [1.165, 1.54) is 36.4 Å². The molecular weight excluding hydrogens is 409 g/mol. The zero-order valence-electron chi connectivity index (χ0n) is 16.5. The van der Waals surface area contributed by atoms with Crippen LogP contribution in [0.2, 0.25) is 0 Å². The number of carbonyl (C=O) groups excluding carboxylic acids is 1. The van der Waals surface area contributed by atoms with Gasteiger partial charge >= 0.3 is 0 Å². The highest BCUT2D eigenvalue weighted by molar-refractivity contribution is 7.92. The van der Waals surface area contributed by atoms with Crippen molar-refractivity contribution in [1.82, 2.24) is 10.2 Å². The molecule has 158 valence electrons. The number of sulfonamides is 1. The Bertz CT molecular complexity index is 1080. The summed E-state index contributed by atoms with van der Waals surface area (Å²) in [4.78, 5) is 14.3. The van der Waals surface area contributed by atoms with E-state index in [-0.39, 0.29) is 22.5 Å². The summed E-state index contributed by atoms with van der Waals surface area (Å²) < 4.78 is 45.5. The van der Waals surface area contributed by atoms with Gasteiger partial charge < -0.3 is 9.73 Å². The monoisotopic (exact) mass is 431 g/mol. The second-order valence-electron chi connectivity index (χ2n) is 6.84. The smallest absolute Gasteiger partial charge is 0.261 e. The second-order valence-corrected chi connectivity index (χ2v) is 8.52. The van der Waals surface area contributed by atoms with Crippen molar-refractivity contribution >= 4 is 21.6 Å². The highest BCUT2D eigenvalue weighted by atomic mass is 32.2. The average molecular weight is 431 g/mol. The number of hydrogen-bond donors (Lipinski definition) is 2. The number of nitrogens with one attached hydrogen (secondary N) is 2. The van der Waals surface area contributed by atoms with Crippen molar-refractivity contribution in [2.45, 2.75) is 10.9 Å². The van der Waals surface area contributed by atoms with Gasteiger partial charge in [-0.1, -0.05) is 0 Å². The molecule has 0 spiro atoms. The number of benzene rings is 2. The van der Waals surface area contributed by atoms with E-state index in [0.29, 0.717) is 12.1 Å². The summed E-state index contributed by atoms with van der Waals surface area (Å²) in [7, 11) is -0.0720. The van der Waals surface area contributed by atoms with Crippen molar-refractivity contribution in [2.75, 3.05) is 25.4 Å². The van der Waals surface area contributed by atoms with Crippen molar-refractivity contribution in [3.05, 3.63) is 84.1 Å². The minimum Gasteiger partial charge on any atom is -0.468 e. The van der Waals surface area contributed by atoms with Gasteiger partial charge in [-0.15, -0.1) is 0 Å². The Balaban J connectivity index is 1.63. The van der Waals surface area contributed by atoms with Gasteiger partial charge in [-0.25, -0.2) is 12.8 Å². The minimum absolute atomic E-state index is 0.0571. The zero-order chi connectivity index (χ0) is 21.7. The Morgan fingerprint density at radius 3 is 2.30 bits per heavy atom. The van der Waals surface area contributed by atoms with E-state index in [4.69, 9.17) is 4.42 Å². The van der Waals surface area contributed by atoms with Gasteiger partial charge in [0, 0.05) is 17.8 Å². The highest BCUT2D eigenvalue weighted by Gasteiger charge is 2.19. The first-order valence-corrected chi connectivity index (χ1v) is 10.6. The van der Waals surface area contributed by atoms with Crippen LogP contribution in [0.5, 0.6) is 0 Å². The Morgan fingerprint density at radius 2 is 1.73 bits per heavy atom. The van der Waals surface area contributed by atoms with Crippen LogP contribution in [0.4, 0.5) is 10.1 Å². The molecule has 3 rings (SSSR count). The number of furan rings is 1. The number of anilines is 1. The molecule has 1 atom stereocenters. The molecule has 0 unspecified atom stereocenters. The van der Waals surface area contributed by atoms with Crippen LogP contribution in [-0.2, 0) is 10.0 Å². The zero-order valence-corrected chi connectivity index (χ0v) is 17.3. The summed E-state index contributed by atoms with van der Waals surface area (Å²) in [5.41, 5.74) is 0.675. The molecule has 0 bridgehead atoms. The number of likely N-dealkylation sites (N-methyl/N-ethyl adjacent to an activating group) is 1. The predicted molar refractivity (Wildman–Crippen MR) is 111 cm³/mol. The number of halogens is 1. The van der Waals surface area contributed by atoms with Gasteiger partial charge in [0.05, 0.1) is 17.2 Å². The summed E-state index contributed by atoms with van der Waals surface area (Å²) in [6.07, 6.45) is 1.58. The van der Waals surface area contributed by atoms with Crippen LogP contribution in [0.15, 0.2) is 76.2 Å². The van der Waals surface area contributed by atoms with Gasteiger partial charge in [-0.2, -0.15) is 0 Å². The molecule has 3 aromatic rings. The molecule has 0 aliphatic heterocycles. The van der Waals surface area contributed by atoms with E-state index in [9.17, 15) is 17.6 Å². The van der Waals surface area contributed by atoms with Crippen LogP contribution in [0, 0.1) is 5.82 Å². The standard InChI is InChI=1S/C21H22FN3O4S/c1-25(2)19(20-4-3-13-29-20)14-23-21(26)15-5-9-17(10-6-15)24-30(27,28)18-11-7-16(22)8-12-18/h3-13,19,24H,14H2,1-2H3,(H,23,26)/t19-/m1/s1. The van der Waals surface area contributed by atoms with E-state index in [2.05, 4.69) is 10.0 Å². The lowest BCUT2D eigenvalue weighted by atomic mass is 10.1. The van der Waals surface area contributed by atoms with Gasteiger partial charge in [0.25, 0.3) is 15.9 Å². The molecule has 0 aliphatic rings. The quantitative estimate of drug-likeness (QED) is 0.571. The highest BCUT2D eigenvalue weighted by Crippen LogP contribution is 2.19. The van der Waals surface area contributed by atoms with Crippen LogP contribution in [-0.4, -0.2) is 39.9 Å².